The number of rotatable bonds is 7. The maximum absolute atomic E-state index is 15.4. The molecule has 0 radical (unpaired) electrons. The summed E-state index contributed by atoms with van der Waals surface area (Å²) in [6.07, 6.45) is 8.45. The molecule has 1 saturated heterocycles. The van der Waals surface area contributed by atoms with Crippen LogP contribution in [0.5, 0.6) is 0 Å². The second-order valence-corrected chi connectivity index (χ2v) is 14.1. The number of aromatic nitrogens is 2. The number of anilines is 4. The van der Waals surface area contributed by atoms with E-state index in [9.17, 15) is 14.7 Å². The normalized spacial score (nSPS) is 16.9. The van der Waals surface area contributed by atoms with Crippen LogP contribution in [0.3, 0.4) is 0 Å². The van der Waals surface area contributed by atoms with Crippen LogP contribution in [0.4, 0.5) is 27.3 Å². The Morgan fingerprint density at radius 3 is 2.51 bits per heavy atom. The maximum Gasteiger partial charge on any atom is 0.274 e. The van der Waals surface area contributed by atoms with Gasteiger partial charge in [0.25, 0.3) is 11.5 Å². The predicted octanol–water partition coefficient (Wildman–Crippen LogP) is 5.50. The highest BCUT2D eigenvalue weighted by atomic mass is 32.1. The number of aliphatic hydroxyl groups excluding tert-OH is 1. The van der Waals surface area contributed by atoms with Gasteiger partial charge in [-0.25, -0.2) is 9.37 Å². The Hall–Kier alpha value is -4.06. The quantitative estimate of drug-likeness (QED) is 0.272. The zero-order chi connectivity index (χ0) is 32.8. The van der Waals surface area contributed by atoms with E-state index in [2.05, 4.69) is 33.9 Å². The third kappa shape index (κ3) is 5.96. The number of aliphatic hydroxyl groups is 1. The van der Waals surface area contributed by atoms with Gasteiger partial charge in [-0.2, -0.15) is 0 Å². The number of carbonyl (C=O) groups excluding carboxylic acids is 1. The topological polar surface area (TPSA) is 93.9 Å². The van der Waals surface area contributed by atoms with Crippen molar-refractivity contribution in [3.63, 3.8) is 0 Å². The number of aryl methyl sites for hydroxylation is 2. The molecular weight excluding hydrogens is 616 g/mol. The van der Waals surface area contributed by atoms with Crippen LogP contribution in [0.2, 0.25) is 0 Å². The van der Waals surface area contributed by atoms with E-state index in [1.54, 1.807) is 35.5 Å². The second kappa shape index (κ2) is 12.9. The summed E-state index contributed by atoms with van der Waals surface area (Å²) in [6, 6.07) is 8.73. The Morgan fingerprint density at radius 1 is 1.00 bits per heavy atom. The second-order valence-electron chi connectivity index (χ2n) is 13.0. The van der Waals surface area contributed by atoms with E-state index in [0.29, 0.717) is 47.2 Å². The lowest BCUT2D eigenvalue weighted by molar-refractivity contribution is 0.0984. The van der Waals surface area contributed by atoms with Crippen molar-refractivity contribution >= 4 is 40.1 Å². The molecule has 2 aliphatic heterocycles. The van der Waals surface area contributed by atoms with Gasteiger partial charge >= 0.3 is 0 Å². The average molecular weight is 657 g/mol. The van der Waals surface area contributed by atoms with Crippen molar-refractivity contribution in [1.29, 1.82) is 0 Å². The largest absolute Gasteiger partial charge is 0.392 e. The van der Waals surface area contributed by atoms with Gasteiger partial charge in [0.1, 0.15) is 17.3 Å². The third-order valence-electron chi connectivity index (χ3n) is 9.86. The van der Waals surface area contributed by atoms with Gasteiger partial charge in [0.15, 0.2) is 0 Å². The summed E-state index contributed by atoms with van der Waals surface area (Å²) in [5, 5.41) is 13.8. The van der Waals surface area contributed by atoms with Gasteiger partial charge < -0.3 is 24.8 Å². The third-order valence-corrected chi connectivity index (χ3v) is 11.2. The van der Waals surface area contributed by atoms with Gasteiger partial charge in [0.2, 0.25) is 0 Å². The van der Waals surface area contributed by atoms with E-state index >= 15 is 4.39 Å². The first-order chi connectivity index (χ1) is 22.7. The monoisotopic (exact) mass is 656 g/mol. The predicted molar refractivity (Wildman–Crippen MR) is 186 cm³/mol. The highest BCUT2D eigenvalue weighted by Crippen LogP contribution is 2.41. The number of fused-ring (bicyclic) bond motifs is 3. The van der Waals surface area contributed by atoms with E-state index in [0.717, 1.165) is 68.0 Å². The van der Waals surface area contributed by atoms with E-state index in [1.165, 1.54) is 27.1 Å². The number of halogens is 1. The fourth-order valence-corrected chi connectivity index (χ4v) is 8.65. The summed E-state index contributed by atoms with van der Waals surface area (Å²) in [4.78, 5) is 40.1. The van der Waals surface area contributed by atoms with Gasteiger partial charge in [0, 0.05) is 68.0 Å². The van der Waals surface area contributed by atoms with Crippen molar-refractivity contribution in [2.75, 3.05) is 47.8 Å². The molecule has 5 heterocycles. The zero-order valence-corrected chi connectivity index (χ0v) is 28.0. The van der Waals surface area contributed by atoms with E-state index in [4.69, 9.17) is 0 Å². The van der Waals surface area contributed by atoms with Crippen LogP contribution in [0.1, 0.15) is 57.9 Å². The fourth-order valence-electron chi connectivity index (χ4n) is 7.26. The summed E-state index contributed by atoms with van der Waals surface area (Å²) in [5.41, 5.74) is 5.28. The lowest BCUT2D eigenvalue weighted by atomic mass is 9.91. The molecular formula is C36H41FN6O3S. The van der Waals surface area contributed by atoms with Crippen molar-refractivity contribution in [3.8, 4) is 11.1 Å². The molecule has 1 aliphatic carbocycles. The summed E-state index contributed by atoms with van der Waals surface area (Å²) in [5.74, 6) is -0.151. The highest BCUT2D eigenvalue weighted by Gasteiger charge is 2.33. The summed E-state index contributed by atoms with van der Waals surface area (Å²) >= 11 is 1.57. The Morgan fingerprint density at radius 2 is 1.79 bits per heavy atom. The lowest BCUT2D eigenvalue weighted by Gasteiger charge is -2.38. The highest BCUT2D eigenvalue weighted by molar-refractivity contribution is 7.14. The number of thiophene rings is 1. The molecule has 0 saturated carbocycles. The number of pyridine rings is 2. The Bertz CT molecular complexity index is 1880. The number of nitrogens with one attached hydrogen (secondary N) is 1. The van der Waals surface area contributed by atoms with Crippen LogP contribution >= 0.6 is 11.3 Å². The molecule has 1 fully saturated rings. The minimum absolute atomic E-state index is 0.143. The number of piperazine rings is 1. The molecule has 3 aromatic heterocycles. The molecule has 4 aromatic rings. The first kappa shape index (κ1) is 31.5. The molecule has 1 aromatic carbocycles. The first-order valence-corrected chi connectivity index (χ1v) is 17.3. The summed E-state index contributed by atoms with van der Waals surface area (Å²) in [6.45, 7) is 8.31. The van der Waals surface area contributed by atoms with Gasteiger partial charge in [0.05, 0.1) is 29.1 Å². The minimum Gasteiger partial charge on any atom is -0.392 e. The van der Waals surface area contributed by atoms with Crippen LogP contribution in [-0.2, 0) is 32.9 Å². The van der Waals surface area contributed by atoms with Gasteiger partial charge in [-0.3, -0.25) is 14.5 Å². The molecule has 47 heavy (non-hydrogen) atoms. The molecule has 11 heteroatoms. The molecule has 7 rings (SSSR count). The number of carbonyl (C=O) groups is 1. The number of benzene rings is 1. The molecule has 9 nitrogen and oxygen atoms in total. The number of amides is 1. The van der Waals surface area contributed by atoms with Crippen LogP contribution in [0.25, 0.3) is 11.1 Å². The molecule has 3 aliphatic rings. The van der Waals surface area contributed by atoms with Crippen molar-refractivity contribution in [3.05, 3.63) is 85.3 Å². The summed E-state index contributed by atoms with van der Waals surface area (Å²) in [7, 11) is 1.64. The van der Waals surface area contributed by atoms with Crippen molar-refractivity contribution < 1.29 is 14.3 Å². The lowest BCUT2D eigenvalue weighted by Crippen LogP contribution is -2.48. The smallest absolute Gasteiger partial charge is 0.274 e. The fraction of sp³-hybridized carbons (Fsp3) is 0.417. The Labute approximate surface area is 278 Å². The van der Waals surface area contributed by atoms with Crippen molar-refractivity contribution in [1.82, 2.24) is 14.5 Å². The van der Waals surface area contributed by atoms with Crippen LogP contribution < -0.4 is 20.7 Å². The van der Waals surface area contributed by atoms with Gasteiger partial charge in [-0.15, -0.1) is 11.3 Å². The van der Waals surface area contributed by atoms with Gasteiger partial charge in [-0.1, -0.05) is 0 Å². The standard InChI is InChI=1S/C36H41FN6O3S/c1-22(2)41-12-14-42(15-13-41)25-8-9-33(38-19-25)39-30-16-23(20-40(3)35(30)45)28-17-24(37)18-31(29(28)21-44)43-11-10-27-26-6-4-5-7-32(26)47-34(27)36(43)46/h8-9,16-20,22,44H,4-7,10-15,21H2,1-3H3,(H,38,39). The Balaban J connectivity index is 1.17. The van der Waals surface area contributed by atoms with Crippen LogP contribution in [0, 0.1) is 5.82 Å². The molecule has 1 amide bonds. The number of hydrogen-bond donors (Lipinski definition) is 2. The average Bonchev–Trinajstić information content (AvgIpc) is 3.46. The van der Waals surface area contributed by atoms with Crippen molar-refractivity contribution in [2.45, 2.75) is 58.6 Å². The van der Waals surface area contributed by atoms with E-state index in [-0.39, 0.29) is 17.2 Å². The van der Waals surface area contributed by atoms with Crippen LogP contribution in [-0.4, -0.2) is 64.2 Å². The number of hydrogen-bond acceptors (Lipinski definition) is 8. The van der Waals surface area contributed by atoms with E-state index < -0.39 is 12.4 Å². The molecule has 0 bridgehead atoms. The Kier molecular flexibility index (Phi) is 8.63. The van der Waals surface area contributed by atoms with E-state index in [1.807, 2.05) is 18.3 Å². The van der Waals surface area contributed by atoms with Crippen molar-refractivity contribution in [2.24, 2.45) is 7.05 Å². The van der Waals surface area contributed by atoms with Gasteiger partial charge in [-0.05, 0) is 93.0 Å². The zero-order valence-electron chi connectivity index (χ0n) is 27.2. The molecule has 0 unspecified atom stereocenters. The minimum atomic E-state index is -0.522. The van der Waals surface area contributed by atoms with Crippen LogP contribution in [0.15, 0.2) is 47.5 Å². The molecule has 246 valence electrons. The molecule has 2 N–H and O–H groups in total. The summed E-state index contributed by atoms with van der Waals surface area (Å²) < 4.78 is 16.8. The molecule has 0 atom stereocenters. The first-order valence-electron chi connectivity index (χ1n) is 16.5. The maximum atomic E-state index is 15.4. The molecule has 0 spiro atoms. The SMILES string of the molecule is CC(C)N1CCN(c2ccc(Nc3cc(-c4cc(F)cc(N5CCc6c(sc7c6CCCC7)C5=O)c4CO)cn(C)c3=O)nc2)CC1. The number of nitrogens with zero attached hydrogens (tertiary/aromatic N) is 5.